The van der Waals surface area contributed by atoms with Crippen molar-refractivity contribution in [3.8, 4) is 0 Å². The first-order valence-corrected chi connectivity index (χ1v) is 8.04. The highest BCUT2D eigenvalue weighted by molar-refractivity contribution is 5.87. The van der Waals surface area contributed by atoms with Gasteiger partial charge in [0.05, 0.1) is 7.11 Å². The zero-order valence-electron chi connectivity index (χ0n) is 14.0. The average molecular weight is 329 g/mol. The number of hydrogen-bond donors (Lipinski definition) is 0. The molecule has 3 heteroatoms. The highest BCUT2D eigenvalue weighted by atomic mass is 16.5. The standard InChI is InChI=1S/C22H19NO2/c1-25-22(24)17-14-18-12-15-21(16-13-18)23(19-8-4-2-5-9-19)20-10-6-3-7-11-20/h2-17H,1H3. The number of benzene rings is 3. The fourth-order valence-corrected chi connectivity index (χ4v) is 2.57. The topological polar surface area (TPSA) is 29.5 Å². The van der Waals surface area contributed by atoms with Crippen LogP contribution in [-0.2, 0) is 9.53 Å². The number of ether oxygens (including phenoxy) is 1. The van der Waals surface area contributed by atoms with E-state index >= 15 is 0 Å². The van der Waals surface area contributed by atoms with Gasteiger partial charge in [-0.2, -0.15) is 0 Å². The number of anilines is 3. The van der Waals surface area contributed by atoms with Crippen LogP contribution in [0.15, 0.2) is 91.0 Å². The van der Waals surface area contributed by atoms with Crippen molar-refractivity contribution in [3.05, 3.63) is 96.6 Å². The van der Waals surface area contributed by atoms with Crippen LogP contribution in [0, 0.1) is 0 Å². The summed E-state index contributed by atoms with van der Waals surface area (Å²) in [5, 5.41) is 0. The minimum absolute atomic E-state index is 0.362. The van der Waals surface area contributed by atoms with Crippen LogP contribution in [0.3, 0.4) is 0 Å². The van der Waals surface area contributed by atoms with Gasteiger partial charge in [-0.3, -0.25) is 0 Å². The average Bonchev–Trinajstić information content (AvgIpc) is 2.69. The van der Waals surface area contributed by atoms with E-state index in [-0.39, 0.29) is 5.97 Å². The minimum atomic E-state index is -0.362. The summed E-state index contributed by atoms with van der Waals surface area (Å²) in [6, 6.07) is 28.5. The van der Waals surface area contributed by atoms with E-state index in [2.05, 4.69) is 33.9 Å². The van der Waals surface area contributed by atoms with Crippen molar-refractivity contribution in [1.82, 2.24) is 0 Å². The Kier molecular flexibility index (Phi) is 5.27. The molecule has 0 aromatic heterocycles. The molecule has 0 saturated heterocycles. The summed E-state index contributed by atoms with van der Waals surface area (Å²) in [7, 11) is 1.37. The molecule has 0 bridgehead atoms. The summed E-state index contributed by atoms with van der Waals surface area (Å²) in [6.45, 7) is 0. The first-order valence-electron chi connectivity index (χ1n) is 8.04. The molecule has 3 aromatic rings. The molecule has 0 fully saturated rings. The molecule has 0 amide bonds. The molecule has 3 aromatic carbocycles. The lowest BCUT2D eigenvalue weighted by Gasteiger charge is -2.25. The molecule has 0 spiro atoms. The second-order valence-electron chi connectivity index (χ2n) is 5.45. The van der Waals surface area contributed by atoms with Crippen LogP contribution in [0.1, 0.15) is 5.56 Å². The summed E-state index contributed by atoms with van der Waals surface area (Å²) >= 11 is 0. The molecular formula is C22H19NO2. The zero-order chi connectivity index (χ0) is 17.5. The van der Waals surface area contributed by atoms with Crippen molar-refractivity contribution >= 4 is 29.1 Å². The summed E-state index contributed by atoms with van der Waals surface area (Å²) in [6.07, 6.45) is 3.16. The van der Waals surface area contributed by atoms with Crippen LogP contribution in [0.25, 0.3) is 6.08 Å². The van der Waals surface area contributed by atoms with Gasteiger partial charge in [-0.05, 0) is 48.0 Å². The summed E-state index contributed by atoms with van der Waals surface area (Å²) < 4.78 is 4.62. The predicted molar refractivity (Wildman–Crippen MR) is 102 cm³/mol. The Morgan fingerprint density at radius 3 is 1.72 bits per heavy atom. The fourth-order valence-electron chi connectivity index (χ4n) is 2.57. The Bertz CT molecular complexity index is 801. The second kappa shape index (κ2) is 7.97. The molecule has 0 unspecified atom stereocenters. The summed E-state index contributed by atoms with van der Waals surface area (Å²) in [5.74, 6) is -0.362. The number of carbonyl (C=O) groups excluding carboxylic acids is 1. The summed E-state index contributed by atoms with van der Waals surface area (Å²) in [4.78, 5) is 13.4. The van der Waals surface area contributed by atoms with Crippen molar-refractivity contribution in [1.29, 1.82) is 0 Å². The molecule has 3 rings (SSSR count). The third kappa shape index (κ3) is 4.15. The minimum Gasteiger partial charge on any atom is -0.466 e. The van der Waals surface area contributed by atoms with Crippen LogP contribution in [-0.4, -0.2) is 13.1 Å². The molecule has 3 nitrogen and oxygen atoms in total. The van der Waals surface area contributed by atoms with Crippen LogP contribution < -0.4 is 4.90 Å². The van der Waals surface area contributed by atoms with Crippen LogP contribution >= 0.6 is 0 Å². The van der Waals surface area contributed by atoms with Gasteiger partial charge >= 0.3 is 5.97 Å². The summed E-state index contributed by atoms with van der Waals surface area (Å²) in [5.41, 5.74) is 4.17. The molecule has 0 aliphatic rings. The van der Waals surface area contributed by atoms with E-state index < -0.39 is 0 Å². The van der Waals surface area contributed by atoms with Gasteiger partial charge in [-0.25, -0.2) is 4.79 Å². The van der Waals surface area contributed by atoms with Crippen molar-refractivity contribution in [2.45, 2.75) is 0 Å². The Labute approximate surface area is 147 Å². The number of esters is 1. The predicted octanol–water partition coefficient (Wildman–Crippen LogP) is 5.34. The first kappa shape index (κ1) is 16.5. The first-order chi connectivity index (χ1) is 12.3. The molecule has 0 N–H and O–H groups in total. The lowest BCUT2D eigenvalue weighted by Crippen LogP contribution is -2.09. The largest absolute Gasteiger partial charge is 0.466 e. The van der Waals surface area contributed by atoms with Crippen molar-refractivity contribution in [2.75, 3.05) is 12.0 Å². The van der Waals surface area contributed by atoms with Gasteiger partial charge in [0.15, 0.2) is 0 Å². The number of para-hydroxylation sites is 2. The van der Waals surface area contributed by atoms with Gasteiger partial charge < -0.3 is 9.64 Å². The quantitative estimate of drug-likeness (QED) is 0.467. The van der Waals surface area contributed by atoms with Gasteiger partial charge in [-0.1, -0.05) is 48.5 Å². The van der Waals surface area contributed by atoms with E-state index in [1.165, 1.54) is 13.2 Å². The van der Waals surface area contributed by atoms with E-state index in [0.29, 0.717) is 0 Å². The van der Waals surface area contributed by atoms with Gasteiger partial charge in [0.2, 0.25) is 0 Å². The number of rotatable bonds is 5. The smallest absolute Gasteiger partial charge is 0.330 e. The van der Waals surface area contributed by atoms with E-state index in [4.69, 9.17) is 0 Å². The van der Waals surface area contributed by atoms with E-state index in [1.807, 2.05) is 60.7 Å². The third-order valence-electron chi connectivity index (χ3n) is 3.79. The lowest BCUT2D eigenvalue weighted by molar-refractivity contribution is -0.134. The third-order valence-corrected chi connectivity index (χ3v) is 3.79. The lowest BCUT2D eigenvalue weighted by atomic mass is 10.1. The van der Waals surface area contributed by atoms with Gasteiger partial charge in [0.1, 0.15) is 0 Å². The van der Waals surface area contributed by atoms with E-state index in [0.717, 1.165) is 22.6 Å². The van der Waals surface area contributed by atoms with Gasteiger partial charge in [0.25, 0.3) is 0 Å². The zero-order valence-corrected chi connectivity index (χ0v) is 14.0. The molecule has 124 valence electrons. The highest BCUT2D eigenvalue weighted by Crippen LogP contribution is 2.34. The maximum atomic E-state index is 11.2. The number of nitrogens with zero attached hydrogens (tertiary/aromatic N) is 1. The van der Waals surface area contributed by atoms with E-state index in [9.17, 15) is 4.79 Å². The molecule has 25 heavy (non-hydrogen) atoms. The number of methoxy groups -OCH3 is 1. The molecule has 0 aliphatic carbocycles. The Morgan fingerprint density at radius 1 is 0.760 bits per heavy atom. The monoisotopic (exact) mass is 329 g/mol. The van der Waals surface area contributed by atoms with Crippen LogP contribution in [0.4, 0.5) is 17.1 Å². The maximum absolute atomic E-state index is 11.2. The van der Waals surface area contributed by atoms with Crippen molar-refractivity contribution in [3.63, 3.8) is 0 Å². The fraction of sp³-hybridized carbons (Fsp3) is 0.0455. The molecule has 0 aliphatic heterocycles. The van der Waals surface area contributed by atoms with Crippen LogP contribution in [0.5, 0.6) is 0 Å². The number of hydrogen-bond acceptors (Lipinski definition) is 3. The highest BCUT2D eigenvalue weighted by Gasteiger charge is 2.11. The molecule has 0 atom stereocenters. The van der Waals surface area contributed by atoms with Crippen molar-refractivity contribution in [2.24, 2.45) is 0 Å². The SMILES string of the molecule is COC(=O)C=Cc1ccc(N(c2ccccc2)c2ccccc2)cc1. The molecule has 0 radical (unpaired) electrons. The van der Waals surface area contributed by atoms with E-state index in [1.54, 1.807) is 6.08 Å². The van der Waals surface area contributed by atoms with Gasteiger partial charge in [0, 0.05) is 23.1 Å². The Morgan fingerprint density at radius 2 is 1.24 bits per heavy atom. The second-order valence-corrected chi connectivity index (χ2v) is 5.45. The van der Waals surface area contributed by atoms with Crippen LogP contribution in [0.2, 0.25) is 0 Å². The normalized spacial score (nSPS) is 10.6. The van der Waals surface area contributed by atoms with Crippen molar-refractivity contribution < 1.29 is 9.53 Å². The molecule has 0 saturated carbocycles. The molecule has 0 heterocycles. The Balaban J connectivity index is 1.94. The molecular weight excluding hydrogens is 310 g/mol. The van der Waals surface area contributed by atoms with Gasteiger partial charge in [-0.15, -0.1) is 0 Å². The Hall–Kier alpha value is -3.33. The maximum Gasteiger partial charge on any atom is 0.330 e. The number of carbonyl (C=O) groups is 1.